The average Bonchev–Trinajstić information content (AvgIpc) is 2.83. The number of carbonyl (C=O) groups is 2. The van der Waals surface area contributed by atoms with Gasteiger partial charge in [-0.15, -0.1) is 0 Å². The van der Waals surface area contributed by atoms with Crippen molar-refractivity contribution in [1.82, 2.24) is 9.80 Å². The van der Waals surface area contributed by atoms with Gasteiger partial charge in [0.2, 0.25) is 11.8 Å². The monoisotopic (exact) mass is 304 g/mol. The van der Waals surface area contributed by atoms with E-state index in [1.807, 2.05) is 18.7 Å². The molecule has 22 heavy (non-hydrogen) atoms. The Morgan fingerprint density at radius 1 is 1.23 bits per heavy atom. The van der Waals surface area contributed by atoms with Crippen molar-refractivity contribution < 1.29 is 9.59 Å². The maximum Gasteiger partial charge on any atom is 0.246 e. The maximum atomic E-state index is 13.0. The molecule has 0 bridgehead atoms. The summed E-state index contributed by atoms with van der Waals surface area (Å²) >= 11 is 0. The van der Waals surface area contributed by atoms with Gasteiger partial charge in [-0.25, -0.2) is 0 Å². The molecule has 1 saturated carbocycles. The molecule has 3 aliphatic rings. The molecule has 3 rings (SSSR count). The highest BCUT2D eigenvalue weighted by Gasteiger charge is 2.49. The van der Waals surface area contributed by atoms with Crippen LogP contribution in [-0.2, 0) is 9.59 Å². The zero-order chi connectivity index (χ0) is 15.7. The molecular formula is C18H28N2O2. The first-order valence-electron chi connectivity index (χ1n) is 8.73. The number of hydrogen-bond acceptors (Lipinski definition) is 2. The molecule has 1 aliphatic carbocycles. The van der Waals surface area contributed by atoms with Crippen LogP contribution in [0.1, 0.15) is 52.4 Å². The minimum absolute atomic E-state index is 0.0702. The Balaban J connectivity index is 1.66. The molecule has 4 heteroatoms. The van der Waals surface area contributed by atoms with E-state index in [2.05, 4.69) is 4.90 Å². The predicted molar refractivity (Wildman–Crippen MR) is 86.2 cm³/mol. The molecule has 0 radical (unpaired) electrons. The van der Waals surface area contributed by atoms with Crippen LogP contribution in [0.3, 0.4) is 0 Å². The number of likely N-dealkylation sites (tertiary alicyclic amines) is 2. The largest absolute Gasteiger partial charge is 0.342 e. The molecule has 3 fully saturated rings. The topological polar surface area (TPSA) is 40.6 Å². The molecule has 4 nitrogen and oxygen atoms in total. The van der Waals surface area contributed by atoms with Crippen LogP contribution in [-0.4, -0.2) is 47.8 Å². The minimum Gasteiger partial charge on any atom is -0.342 e. The molecule has 1 atom stereocenters. The molecule has 2 amide bonds. The third-order valence-corrected chi connectivity index (χ3v) is 5.61. The molecule has 2 heterocycles. The van der Waals surface area contributed by atoms with Crippen molar-refractivity contribution in [3.63, 3.8) is 0 Å². The Labute approximate surface area is 133 Å². The molecule has 0 aromatic rings. The zero-order valence-corrected chi connectivity index (χ0v) is 13.9. The Bertz CT molecular complexity index is 491. The van der Waals surface area contributed by atoms with E-state index in [0.717, 1.165) is 50.4 Å². The van der Waals surface area contributed by atoms with Crippen molar-refractivity contribution in [3.8, 4) is 0 Å². The molecule has 1 spiro atoms. The fourth-order valence-corrected chi connectivity index (χ4v) is 4.09. The van der Waals surface area contributed by atoms with Gasteiger partial charge in [-0.3, -0.25) is 9.59 Å². The van der Waals surface area contributed by atoms with Gasteiger partial charge in [0.15, 0.2) is 0 Å². The van der Waals surface area contributed by atoms with Crippen LogP contribution in [0.5, 0.6) is 0 Å². The molecule has 2 aliphatic heterocycles. The fraction of sp³-hybridized carbons (Fsp3) is 0.778. The summed E-state index contributed by atoms with van der Waals surface area (Å²) in [6.07, 6.45) is 8.45. The highest BCUT2D eigenvalue weighted by molar-refractivity contribution is 5.90. The number of piperidine rings is 1. The summed E-state index contributed by atoms with van der Waals surface area (Å²) in [6.45, 7) is 7.09. The highest BCUT2D eigenvalue weighted by atomic mass is 16.2. The van der Waals surface area contributed by atoms with E-state index in [1.165, 1.54) is 19.3 Å². The molecule has 2 saturated heterocycles. The number of nitrogens with zero attached hydrogens (tertiary/aromatic N) is 2. The van der Waals surface area contributed by atoms with Crippen LogP contribution in [0, 0.1) is 11.3 Å². The number of carbonyl (C=O) groups excluding carboxylic acids is 2. The number of allylic oxidation sites excluding steroid dienone is 1. The summed E-state index contributed by atoms with van der Waals surface area (Å²) in [4.78, 5) is 29.2. The fourth-order valence-electron chi connectivity index (χ4n) is 4.09. The predicted octanol–water partition coefficient (Wildman–Crippen LogP) is 2.59. The zero-order valence-electron chi connectivity index (χ0n) is 13.9. The lowest BCUT2D eigenvalue weighted by atomic mass is 9.77. The van der Waals surface area contributed by atoms with E-state index in [0.29, 0.717) is 12.5 Å². The summed E-state index contributed by atoms with van der Waals surface area (Å²) in [5.74, 6) is 1.11. The lowest BCUT2D eigenvalue weighted by Gasteiger charge is -2.42. The minimum atomic E-state index is -0.285. The lowest BCUT2D eigenvalue weighted by Crippen LogP contribution is -2.52. The van der Waals surface area contributed by atoms with E-state index in [1.54, 1.807) is 6.08 Å². The third-order valence-electron chi connectivity index (χ3n) is 5.61. The molecular weight excluding hydrogens is 276 g/mol. The third kappa shape index (κ3) is 2.92. The Hall–Kier alpha value is -1.32. The van der Waals surface area contributed by atoms with Gasteiger partial charge in [0.25, 0.3) is 0 Å². The quantitative estimate of drug-likeness (QED) is 0.752. The Morgan fingerprint density at radius 2 is 2.00 bits per heavy atom. The van der Waals surface area contributed by atoms with Crippen molar-refractivity contribution in [2.75, 3.05) is 26.2 Å². The van der Waals surface area contributed by atoms with Crippen molar-refractivity contribution in [1.29, 1.82) is 0 Å². The van der Waals surface area contributed by atoms with Crippen LogP contribution < -0.4 is 0 Å². The van der Waals surface area contributed by atoms with Gasteiger partial charge in [0.05, 0.1) is 5.41 Å². The van der Waals surface area contributed by atoms with Gasteiger partial charge < -0.3 is 9.80 Å². The number of hydrogen-bond donors (Lipinski definition) is 0. The summed E-state index contributed by atoms with van der Waals surface area (Å²) < 4.78 is 0. The smallest absolute Gasteiger partial charge is 0.246 e. The van der Waals surface area contributed by atoms with E-state index in [-0.39, 0.29) is 11.3 Å². The van der Waals surface area contributed by atoms with Gasteiger partial charge in [-0.05, 0) is 51.9 Å². The molecule has 0 aromatic carbocycles. The molecule has 1 unspecified atom stereocenters. The molecule has 0 N–H and O–H groups in total. The van der Waals surface area contributed by atoms with Crippen LogP contribution in [0.2, 0.25) is 0 Å². The van der Waals surface area contributed by atoms with Crippen molar-refractivity contribution in [3.05, 3.63) is 11.6 Å². The second-order valence-electron chi connectivity index (χ2n) is 7.66. The van der Waals surface area contributed by atoms with Crippen LogP contribution in [0.4, 0.5) is 0 Å². The van der Waals surface area contributed by atoms with Crippen molar-refractivity contribution >= 4 is 11.8 Å². The lowest BCUT2D eigenvalue weighted by molar-refractivity contribution is -0.147. The van der Waals surface area contributed by atoms with Gasteiger partial charge >= 0.3 is 0 Å². The molecule has 0 aromatic heterocycles. The van der Waals surface area contributed by atoms with Gasteiger partial charge in [-0.2, -0.15) is 0 Å². The normalized spacial score (nSPS) is 28.9. The SMILES string of the molecule is CC(C)=CC(=O)N1CCC2(CCCN(CC3CCC3)C2=O)C1. The van der Waals surface area contributed by atoms with E-state index in [9.17, 15) is 9.59 Å². The van der Waals surface area contributed by atoms with E-state index < -0.39 is 0 Å². The van der Waals surface area contributed by atoms with Gasteiger partial charge in [0.1, 0.15) is 0 Å². The Morgan fingerprint density at radius 3 is 2.64 bits per heavy atom. The first kappa shape index (κ1) is 15.6. The molecule has 122 valence electrons. The summed E-state index contributed by atoms with van der Waals surface area (Å²) in [6, 6.07) is 0. The Kier molecular flexibility index (Phi) is 4.28. The summed E-state index contributed by atoms with van der Waals surface area (Å²) in [7, 11) is 0. The standard InChI is InChI=1S/C18H28N2O2/c1-14(2)11-16(21)20-10-8-18(13-20)7-4-9-19(17(18)22)12-15-5-3-6-15/h11,15H,3-10,12-13H2,1-2H3. The van der Waals surface area contributed by atoms with Gasteiger partial charge in [0, 0.05) is 32.3 Å². The summed E-state index contributed by atoms with van der Waals surface area (Å²) in [5.41, 5.74) is 0.736. The van der Waals surface area contributed by atoms with Crippen molar-refractivity contribution in [2.24, 2.45) is 11.3 Å². The highest BCUT2D eigenvalue weighted by Crippen LogP contribution is 2.41. The maximum absolute atomic E-state index is 13.0. The summed E-state index contributed by atoms with van der Waals surface area (Å²) in [5, 5.41) is 0. The second kappa shape index (κ2) is 6.05. The first-order chi connectivity index (χ1) is 10.5. The second-order valence-corrected chi connectivity index (χ2v) is 7.66. The van der Waals surface area contributed by atoms with E-state index >= 15 is 0 Å². The first-order valence-corrected chi connectivity index (χ1v) is 8.73. The van der Waals surface area contributed by atoms with Gasteiger partial charge in [-0.1, -0.05) is 12.0 Å². The average molecular weight is 304 g/mol. The van der Waals surface area contributed by atoms with Crippen LogP contribution >= 0.6 is 0 Å². The van der Waals surface area contributed by atoms with Crippen LogP contribution in [0.15, 0.2) is 11.6 Å². The number of rotatable bonds is 3. The van der Waals surface area contributed by atoms with E-state index in [4.69, 9.17) is 0 Å². The van der Waals surface area contributed by atoms with Crippen molar-refractivity contribution in [2.45, 2.75) is 52.4 Å². The number of amides is 2. The van der Waals surface area contributed by atoms with Crippen LogP contribution in [0.25, 0.3) is 0 Å².